The molecule has 0 spiro atoms. The molecule has 0 amide bonds. The number of aromatic nitrogens is 1. The number of carbonyl (C=O) groups is 1. The summed E-state index contributed by atoms with van der Waals surface area (Å²) in [6.07, 6.45) is -3.99. The maximum Gasteiger partial charge on any atom is 0.416 e. The number of hydrogen-bond acceptors (Lipinski definition) is 5. The van der Waals surface area contributed by atoms with Crippen LogP contribution in [0.2, 0.25) is 0 Å². The molecule has 3 aromatic rings. The van der Waals surface area contributed by atoms with Gasteiger partial charge in [-0.25, -0.2) is 22.5 Å². The molecule has 0 unspecified atom stereocenters. The predicted molar refractivity (Wildman–Crippen MR) is 116 cm³/mol. The van der Waals surface area contributed by atoms with Gasteiger partial charge in [0.2, 0.25) is 0 Å². The van der Waals surface area contributed by atoms with Gasteiger partial charge in [-0.3, -0.25) is 0 Å². The van der Waals surface area contributed by atoms with Gasteiger partial charge in [0.05, 0.1) is 16.0 Å². The lowest BCUT2D eigenvalue weighted by Gasteiger charge is -2.22. The second-order valence-corrected chi connectivity index (χ2v) is 9.67. The maximum atomic E-state index is 13.3. The number of thiazole rings is 1. The first-order valence-corrected chi connectivity index (χ1v) is 11.8. The van der Waals surface area contributed by atoms with Crippen molar-refractivity contribution in [3.05, 3.63) is 64.5 Å². The number of carboxylic acid groups (broad SMARTS) is 1. The third-order valence-corrected chi connectivity index (χ3v) is 7.34. The number of aromatic carboxylic acids is 1. The molecule has 0 aliphatic rings. The fraction of sp³-hybridized carbons (Fsp3) is 0.238. The van der Waals surface area contributed by atoms with Crippen molar-refractivity contribution < 1.29 is 31.5 Å². The summed E-state index contributed by atoms with van der Waals surface area (Å²) in [6.45, 7) is 3.44. The van der Waals surface area contributed by atoms with Crippen LogP contribution in [0.5, 0.6) is 0 Å². The van der Waals surface area contributed by atoms with Crippen molar-refractivity contribution in [3.8, 4) is 10.6 Å². The van der Waals surface area contributed by atoms with Crippen molar-refractivity contribution >= 4 is 33.1 Å². The Hall–Kier alpha value is -2.92. The summed E-state index contributed by atoms with van der Waals surface area (Å²) in [6, 6.07) is 8.32. The molecule has 0 saturated heterocycles. The highest BCUT2D eigenvalue weighted by atomic mass is 32.2. The fourth-order valence-electron chi connectivity index (χ4n) is 2.99. The molecule has 2 aromatic carbocycles. The van der Waals surface area contributed by atoms with Crippen LogP contribution in [0.3, 0.4) is 0 Å². The Labute approximate surface area is 187 Å². The van der Waals surface area contributed by atoms with Gasteiger partial charge in [0.15, 0.2) is 5.82 Å². The van der Waals surface area contributed by atoms with Crippen LogP contribution in [0.1, 0.15) is 34.8 Å². The van der Waals surface area contributed by atoms with E-state index in [1.807, 2.05) is 0 Å². The van der Waals surface area contributed by atoms with Crippen molar-refractivity contribution in [1.29, 1.82) is 0 Å². The standard InChI is InChI=1S/C21H19F3N2O4S2/c1-3-10-26(32(29,30)16-9-4-13(2)17(11-16)20(27)28)18-12-31-19(25-18)14-5-7-15(8-6-14)21(22,23)24/h4-9,11-12H,3,10H2,1-2H3,(H,27,28). The van der Waals surface area contributed by atoms with Crippen molar-refractivity contribution in [2.45, 2.75) is 31.3 Å². The van der Waals surface area contributed by atoms with E-state index in [0.29, 0.717) is 22.6 Å². The molecule has 0 aliphatic heterocycles. The zero-order valence-corrected chi connectivity index (χ0v) is 18.7. The summed E-state index contributed by atoms with van der Waals surface area (Å²) in [5.41, 5.74) is -0.0589. The Bertz CT molecular complexity index is 1240. The third-order valence-electron chi connectivity index (χ3n) is 4.66. The number of benzene rings is 2. The highest BCUT2D eigenvalue weighted by Gasteiger charge is 2.30. The first-order chi connectivity index (χ1) is 14.9. The zero-order chi connectivity index (χ0) is 23.7. The molecule has 3 rings (SSSR count). The van der Waals surface area contributed by atoms with E-state index in [4.69, 9.17) is 0 Å². The van der Waals surface area contributed by atoms with E-state index in [-0.39, 0.29) is 22.8 Å². The summed E-state index contributed by atoms with van der Waals surface area (Å²) >= 11 is 1.10. The minimum Gasteiger partial charge on any atom is -0.478 e. The normalized spacial score (nSPS) is 12.0. The summed E-state index contributed by atoms with van der Waals surface area (Å²) < 4.78 is 66.0. The number of carboxylic acids is 1. The van der Waals surface area contributed by atoms with Crippen LogP contribution in [-0.2, 0) is 16.2 Å². The van der Waals surface area contributed by atoms with Gasteiger partial charge in [-0.1, -0.05) is 25.1 Å². The monoisotopic (exact) mass is 484 g/mol. The Kier molecular flexibility index (Phi) is 6.61. The van der Waals surface area contributed by atoms with E-state index in [1.54, 1.807) is 13.8 Å². The lowest BCUT2D eigenvalue weighted by atomic mass is 10.1. The van der Waals surface area contributed by atoms with Gasteiger partial charge < -0.3 is 5.11 Å². The highest BCUT2D eigenvalue weighted by molar-refractivity contribution is 7.92. The predicted octanol–water partition coefficient (Wildman–Crippen LogP) is 5.44. The second kappa shape index (κ2) is 8.91. The smallest absolute Gasteiger partial charge is 0.416 e. The lowest BCUT2D eigenvalue weighted by molar-refractivity contribution is -0.137. The van der Waals surface area contributed by atoms with Crippen molar-refractivity contribution in [1.82, 2.24) is 4.98 Å². The minimum atomic E-state index is -4.46. The van der Waals surface area contributed by atoms with E-state index < -0.39 is 27.7 Å². The van der Waals surface area contributed by atoms with Gasteiger partial charge in [-0.05, 0) is 43.2 Å². The van der Waals surface area contributed by atoms with Crippen molar-refractivity contribution in [2.24, 2.45) is 0 Å². The summed E-state index contributed by atoms with van der Waals surface area (Å²) in [5.74, 6) is -1.12. The van der Waals surface area contributed by atoms with E-state index in [1.165, 1.54) is 29.6 Å². The molecule has 32 heavy (non-hydrogen) atoms. The molecular formula is C21H19F3N2O4S2. The van der Waals surface area contributed by atoms with Crippen LogP contribution in [0.15, 0.2) is 52.7 Å². The highest BCUT2D eigenvalue weighted by Crippen LogP contribution is 2.34. The molecule has 1 N–H and O–H groups in total. The van der Waals surface area contributed by atoms with E-state index in [2.05, 4.69) is 4.98 Å². The summed E-state index contributed by atoms with van der Waals surface area (Å²) in [5, 5.41) is 11.2. The van der Waals surface area contributed by atoms with Gasteiger partial charge in [-0.15, -0.1) is 11.3 Å². The molecule has 0 aliphatic carbocycles. The van der Waals surface area contributed by atoms with Crippen molar-refractivity contribution in [3.63, 3.8) is 0 Å². The summed E-state index contributed by atoms with van der Waals surface area (Å²) in [4.78, 5) is 15.6. The number of sulfonamides is 1. The lowest BCUT2D eigenvalue weighted by Crippen LogP contribution is -2.32. The molecule has 0 saturated carbocycles. The Morgan fingerprint density at radius 3 is 2.38 bits per heavy atom. The van der Waals surface area contributed by atoms with Crippen LogP contribution < -0.4 is 4.31 Å². The van der Waals surface area contributed by atoms with Gasteiger partial charge in [-0.2, -0.15) is 13.2 Å². The fourth-order valence-corrected chi connectivity index (χ4v) is 5.40. The maximum absolute atomic E-state index is 13.3. The molecule has 170 valence electrons. The van der Waals surface area contributed by atoms with Crippen molar-refractivity contribution in [2.75, 3.05) is 10.8 Å². The Balaban J connectivity index is 1.99. The molecule has 1 aromatic heterocycles. The number of alkyl halides is 3. The van der Waals surface area contributed by atoms with Gasteiger partial charge in [0.25, 0.3) is 10.0 Å². The zero-order valence-electron chi connectivity index (χ0n) is 17.0. The number of hydrogen-bond donors (Lipinski definition) is 1. The SMILES string of the molecule is CCCN(c1csc(-c2ccc(C(F)(F)F)cc2)n1)S(=O)(=O)c1ccc(C)c(C(=O)O)c1. The number of nitrogens with zero attached hydrogens (tertiary/aromatic N) is 2. The third kappa shape index (κ3) is 4.78. The first-order valence-electron chi connectivity index (χ1n) is 9.45. The van der Waals surface area contributed by atoms with Gasteiger partial charge >= 0.3 is 12.1 Å². The molecule has 0 atom stereocenters. The van der Waals surface area contributed by atoms with E-state index in [9.17, 15) is 31.5 Å². The molecular weight excluding hydrogens is 465 g/mol. The molecule has 0 bridgehead atoms. The molecule has 6 nitrogen and oxygen atoms in total. The van der Waals surface area contributed by atoms with Gasteiger partial charge in [0.1, 0.15) is 5.01 Å². The number of halogens is 3. The summed E-state index contributed by atoms with van der Waals surface area (Å²) in [7, 11) is -4.12. The largest absolute Gasteiger partial charge is 0.478 e. The van der Waals surface area contributed by atoms with Crippen LogP contribution in [0.4, 0.5) is 19.0 Å². The average Bonchev–Trinajstić information content (AvgIpc) is 3.21. The molecule has 0 radical (unpaired) electrons. The Morgan fingerprint density at radius 1 is 1.16 bits per heavy atom. The Morgan fingerprint density at radius 2 is 1.81 bits per heavy atom. The molecule has 11 heteroatoms. The van der Waals surface area contributed by atoms with Gasteiger partial charge in [0, 0.05) is 17.5 Å². The van der Waals surface area contributed by atoms with Crippen LogP contribution in [0, 0.1) is 6.92 Å². The molecule has 1 heterocycles. The second-order valence-electron chi connectivity index (χ2n) is 6.95. The van der Waals surface area contributed by atoms with E-state index in [0.717, 1.165) is 33.8 Å². The van der Waals surface area contributed by atoms with Crippen LogP contribution in [0.25, 0.3) is 10.6 Å². The first kappa shape index (κ1) is 23.7. The van der Waals surface area contributed by atoms with E-state index >= 15 is 0 Å². The number of anilines is 1. The number of rotatable bonds is 7. The minimum absolute atomic E-state index is 0.0921. The quantitative estimate of drug-likeness (QED) is 0.483. The van der Waals surface area contributed by atoms with Crippen LogP contribution in [-0.4, -0.2) is 31.0 Å². The average molecular weight is 485 g/mol. The molecule has 0 fully saturated rings. The number of aryl methyl sites for hydroxylation is 1. The van der Waals surface area contributed by atoms with Crippen LogP contribution >= 0.6 is 11.3 Å². The topological polar surface area (TPSA) is 87.6 Å².